The van der Waals surface area contributed by atoms with E-state index in [1.165, 1.54) is 0 Å². The molecule has 12 rings (SSSR count). The van der Waals surface area contributed by atoms with Gasteiger partial charge in [-0.15, -0.1) is 0 Å². The van der Waals surface area contributed by atoms with Gasteiger partial charge in [0, 0.05) is 183 Å². The van der Waals surface area contributed by atoms with E-state index in [-0.39, 0.29) is 192 Å². The zero-order valence-electron chi connectivity index (χ0n) is 55.8. The van der Waals surface area contributed by atoms with Crippen molar-refractivity contribution in [2.24, 2.45) is 38.7 Å². The molecule has 0 aromatic heterocycles. The summed E-state index contributed by atoms with van der Waals surface area (Å²) in [5.41, 5.74) is 39.5. The number of nitrogens with two attached hydrogens (primary N) is 5. The van der Waals surface area contributed by atoms with E-state index >= 15 is 0 Å². The van der Waals surface area contributed by atoms with Crippen LogP contribution in [0.1, 0.15) is 128 Å². The number of fused-ring (bicyclic) bond motifs is 18. The van der Waals surface area contributed by atoms with Crippen LogP contribution in [0, 0.1) is 152 Å². The molecule has 27 nitrogen and oxygen atoms in total. The van der Waals surface area contributed by atoms with Crippen LogP contribution in [0.25, 0.3) is 0 Å². The normalized spacial score (nSPS) is 24.3. The van der Waals surface area contributed by atoms with Crippen molar-refractivity contribution in [3.05, 3.63) is 90.0 Å². The zero-order valence-corrected chi connectivity index (χ0v) is 65.3. The molecule has 2 unspecified atom stereocenters. The summed E-state index contributed by atoms with van der Waals surface area (Å²) in [5.74, 6) is 2.16. The first-order valence-corrected chi connectivity index (χ1v) is 31.7. The van der Waals surface area contributed by atoms with Crippen LogP contribution in [0.2, 0.25) is 0 Å². The number of amides is 1. The second-order valence-electron chi connectivity index (χ2n) is 25.6. The Morgan fingerprint density at radius 2 is 1.00 bits per heavy atom. The number of phenolic OH excluding ortho intramolecular Hbond substituents is 4. The standard InChI is InChI=1S/C33H44N8O5.C26H30N4O4.C7H16N4O2.2Ac/c1-15-9-18-10-21-23(12-34)41-22(27(40(21)5)25(18)29(43)16(15)2)11-19-26(31-30(45-14-46-31)17(3)28(19)42)24(41)13-39-32(44)20(37-4)7-6-8-38-33(35)36;1-11-5-14-6-16-18(8-27)30-17(22(29(16)4)20(14)24(32)12(11)2)7-15-21(19(30)9-28)26-25(33-10-34-26)13(3)23(15)31;1-10-5(6(12)13)3-2-4-11-7(8)9;;/h9,20-24,27,37,42-43H,6-8,10-11,13-14H2,1-5H3,(H,39,44)(H4,35,36,38);5,16-19,22,31-32H,6-7,9-10,28H2,1-4H3;5,10H,2-4H2,1H3,(H,12,13)(H4,8,9,11);;/t20-,21-,22?,23-,24-,27-;16-,17?,18-,19-,22-;5-;;/m000../s1. The van der Waals surface area contributed by atoms with Crippen molar-refractivity contribution >= 4 is 23.8 Å². The number of carboxylic acids is 1. The van der Waals surface area contributed by atoms with Gasteiger partial charge in [0.1, 0.15) is 41.1 Å². The quantitative estimate of drug-likeness (QED) is 0.0462. The molecule has 506 valence electrons. The number of benzene rings is 4. The number of ether oxygens (including phenoxy) is 4. The average Bonchev–Trinajstić information content (AvgIpc) is 1.32. The number of phenols is 4. The maximum absolute atomic E-state index is 13.6. The van der Waals surface area contributed by atoms with E-state index in [9.17, 15) is 40.5 Å². The topological polar surface area (TPSA) is 424 Å². The number of aromatic hydroxyl groups is 4. The van der Waals surface area contributed by atoms with Crippen molar-refractivity contribution < 1.29 is 142 Å². The molecule has 12 atom stereocenters. The van der Waals surface area contributed by atoms with Crippen molar-refractivity contribution in [1.29, 1.82) is 10.5 Å². The number of aliphatic carboxylic acids is 1. The van der Waals surface area contributed by atoms with Crippen molar-refractivity contribution in [3.63, 3.8) is 0 Å². The number of nitrogens with zero attached hydrogens (tertiary/aromatic N) is 8. The van der Waals surface area contributed by atoms with Crippen molar-refractivity contribution in [2.75, 3.05) is 68.0 Å². The summed E-state index contributed by atoms with van der Waals surface area (Å²) in [4.78, 5) is 40.7. The Bertz CT molecular complexity index is 3740. The summed E-state index contributed by atoms with van der Waals surface area (Å²) < 4.78 is 23.4. The van der Waals surface area contributed by atoms with E-state index in [1.807, 2.05) is 48.7 Å². The van der Waals surface area contributed by atoms with Gasteiger partial charge in [-0.3, -0.25) is 39.2 Å². The van der Waals surface area contributed by atoms with Gasteiger partial charge in [-0.1, -0.05) is 12.1 Å². The third-order valence-corrected chi connectivity index (χ3v) is 20.8. The number of nitriles is 2. The summed E-state index contributed by atoms with van der Waals surface area (Å²) in [7, 11) is 7.41. The Kier molecular flexibility index (Phi) is 24.5. The molecule has 95 heavy (non-hydrogen) atoms. The molecule has 8 aliphatic rings. The van der Waals surface area contributed by atoms with Gasteiger partial charge < -0.3 is 89.1 Å². The van der Waals surface area contributed by atoms with E-state index in [4.69, 9.17) is 52.7 Å². The van der Waals surface area contributed by atoms with Crippen LogP contribution in [0.3, 0.4) is 0 Å². The molecule has 4 aromatic carbocycles. The third-order valence-electron chi connectivity index (χ3n) is 20.8. The van der Waals surface area contributed by atoms with Crippen LogP contribution >= 0.6 is 0 Å². The van der Waals surface area contributed by atoms with E-state index in [0.29, 0.717) is 110 Å². The van der Waals surface area contributed by atoms with Gasteiger partial charge in [0.2, 0.25) is 19.5 Å². The fourth-order valence-corrected chi connectivity index (χ4v) is 16.0. The molecule has 0 spiro atoms. The van der Waals surface area contributed by atoms with Gasteiger partial charge in [0.25, 0.3) is 0 Å². The Balaban J connectivity index is 0.000000207. The number of nitrogens with one attached hydrogen (secondary N) is 3. The van der Waals surface area contributed by atoms with E-state index < -0.39 is 36.2 Å². The maximum Gasteiger partial charge on any atom is 0.320 e. The summed E-state index contributed by atoms with van der Waals surface area (Å²) in [6.07, 6.45) is 4.50. The van der Waals surface area contributed by atoms with Crippen LogP contribution < -0.4 is 63.6 Å². The molecular formula is C66H90Ac2N16O11. The second kappa shape index (κ2) is 31.0. The first-order chi connectivity index (χ1) is 44.4. The van der Waals surface area contributed by atoms with Crippen molar-refractivity contribution in [1.82, 2.24) is 35.6 Å². The van der Waals surface area contributed by atoms with Gasteiger partial charge in [-0.2, -0.15) is 10.5 Å². The zero-order chi connectivity index (χ0) is 67.3. The molecule has 1 amide bonds. The van der Waals surface area contributed by atoms with Crippen molar-refractivity contribution in [3.8, 4) is 58.1 Å². The summed E-state index contributed by atoms with van der Waals surface area (Å²) in [6.45, 7) is 13.0. The summed E-state index contributed by atoms with van der Waals surface area (Å²) >= 11 is 0. The molecule has 0 aliphatic carbocycles. The minimum atomic E-state index is -0.854. The SMILES string of the molecule is CN[C@@H](CCCN=C(N)N)C(=O)NC[C@H]1c2c(c(O)c(C)c3c2OCO3)CC2[C@H]3c4c(cc(C)c(C)c4O)C[C@@H]([C@H](C#N)N21)N3C.CN[C@@H](CCCN=C(N)N)C(=O)O.Cc1cc2c(c(O)c1C)[C@@H]1C3Cc4c(O)c(C)c5c(c4[C@H](CN)N3[C@@H](C#N)[C@H](C2)N1C)OCO5.[Ac].[Ac]. The molecule has 4 bridgehead atoms. The van der Waals surface area contributed by atoms with Crippen LogP contribution in [-0.2, 0) is 35.3 Å². The first-order valence-electron chi connectivity index (χ1n) is 31.7. The number of likely N-dealkylation sites (N-methyl/N-ethyl adjacent to an activating group) is 4. The predicted octanol–water partition coefficient (Wildman–Crippen LogP) is 2.48. The van der Waals surface area contributed by atoms with Gasteiger partial charge in [-0.25, -0.2) is 0 Å². The molecule has 8 aliphatic heterocycles. The molecule has 4 aromatic rings. The molecule has 2 fully saturated rings. The van der Waals surface area contributed by atoms with E-state index in [1.54, 1.807) is 21.0 Å². The van der Waals surface area contributed by atoms with Crippen LogP contribution in [-0.4, -0.2) is 185 Å². The molecule has 29 heteroatoms. The van der Waals surface area contributed by atoms with E-state index in [0.717, 1.165) is 61.2 Å². The number of hydrogen-bond donors (Lipinski definition) is 13. The minimum absolute atomic E-state index is 0. The number of carboxylic acid groups (broad SMARTS) is 1. The number of rotatable bonds is 15. The number of hydrogen-bond acceptors (Lipinski definition) is 21. The molecular weight excluding hydrogens is 1650 g/mol. The average molecular weight is 1740 g/mol. The largest absolute Gasteiger partial charge is 0.507 e. The molecule has 18 N–H and O–H groups in total. The number of aryl methyl sites for hydroxylation is 2. The number of piperazine rings is 2. The van der Waals surface area contributed by atoms with E-state index in [2.05, 4.69) is 69.8 Å². The van der Waals surface area contributed by atoms with Gasteiger partial charge in [0.15, 0.2) is 34.9 Å². The fraction of sp³-hybridized carbons (Fsp3) is 0.545. The minimum Gasteiger partial charge on any atom is -0.507 e. The summed E-state index contributed by atoms with van der Waals surface area (Å²) in [6, 6.07) is 5.69. The smallest absolute Gasteiger partial charge is 0.320 e. The third kappa shape index (κ3) is 13.7. The number of aliphatic imine (C=N–C) groups is 2. The first kappa shape index (κ1) is 75.1. The number of carbonyl (C=O) groups is 2. The Morgan fingerprint density at radius 3 is 1.39 bits per heavy atom. The van der Waals surface area contributed by atoms with Crippen molar-refractivity contribution in [2.45, 2.75) is 165 Å². The predicted molar refractivity (Wildman–Crippen MR) is 347 cm³/mol. The fourth-order valence-electron chi connectivity index (χ4n) is 16.0. The van der Waals surface area contributed by atoms with Gasteiger partial charge >= 0.3 is 5.97 Å². The molecule has 2 radical (unpaired) electrons. The monoisotopic (exact) mass is 1740 g/mol. The second-order valence-corrected chi connectivity index (χ2v) is 25.6. The van der Waals surface area contributed by atoms with Crippen LogP contribution in [0.4, 0.5) is 0 Å². The number of guanidine groups is 2. The Morgan fingerprint density at radius 1 is 0.600 bits per heavy atom. The Labute approximate surface area is 626 Å². The van der Waals surface area contributed by atoms with Gasteiger partial charge in [0.05, 0.1) is 42.3 Å². The molecule has 0 saturated carbocycles. The van der Waals surface area contributed by atoms with Gasteiger partial charge in [-0.05, 0) is 154 Å². The summed E-state index contributed by atoms with van der Waals surface area (Å²) in [5, 5.41) is 84.4. The Hall–Kier alpha value is -5.66. The van der Waals surface area contributed by atoms with Crippen LogP contribution in [0.15, 0.2) is 22.1 Å². The van der Waals surface area contributed by atoms with Crippen LogP contribution in [0.5, 0.6) is 46.0 Å². The number of carbonyl (C=O) groups excluding carboxylic acids is 1. The molecule has 2 saturated heterocycles. The maximum atomic E-state index is 13.6. The molecule has 8 heterocycles.